The van der Waals surface area contributed by atoms with E-state index < -0.39 is 35.8 Å². The number of aromatic nitrogens is 1. The van der Waals surface area contributed by atoms with E-state index in [4.69, 9.17) is 9.47 Å². The number of nitrogens with one attached hydrogen (secondary N) is 2. The number of esters is 2. The summed E-state index contributed by atoms with van der Waals surface area (Å²) in [4.78, 5) is 56.3. The van der Waals surface area contributed by atoms with E-state index >= 15 is 0 Å². The molecule has 200 valence electrons. The molecule has 1 aliphatic rings. The fourth-order valence-electron chi connectivity index (χ4n) is 4.23. The first-order valence-corrected chi connectivity index (χ1v) is 12.6. The summed E-state index contributed by atoms with van der Waals surface area (Å²) in [7, 11) is 0. The molecule has 0 saturated carbocycles. The van der Waals surface area contributed by atoms with Crippen molar-refractivity contribution in [3.63, 3.8) is 0 Å². The van der Waals surface area contributed by atoms with Gasteiger partial charge >= 0.3 is 11.9 Å². The van der Waals surface area contributed by atoms with Gasteiger partial charge in [-0.05, 0) is 41.5 Å². The minimum absolute atomic E-state index is 0.0886. The number of hydrogen-bond donors (Lipinski definition) is 2. The number of carbonyl (C=O) groups excluding carboxylic acids is 4. The molecule has 0 aliphatic carbocycles. The molecule has 1 aromatic heterocycles. The van der Waals surface area contributed by atoms with Crippen molar-refractivity contribution in [2.45, 2.75) is 12.1 Å². The largest absolute Gasteiger partial charge is 0.458 e. The molecule has 0 spiro atoms. The molecule has 2 unspecified atom stereocenters. The minimum atomic E-state index is -0.762. The topological polar surface area (TPSA) is 124 Å². The molecule has 2 heterocycles. The molecule has 2 N–H and O–H groups in total. The van der Waals surface area contributed by atoms with Crippen molar-refractivity contribution in [1.82, 2.24) is 15.6 Å². The standard InChI is InChI=1S/C31H25N3O6/c35-28-22-13-7-14-23(17-22)29(36)34-27(21-11-5-2-6-12-21)19-40-31(38)25-16-8-15-24(32-25)30(37)39-18-26(33-28)20-9-3-1-4-10-20/h1-17,26-27H,18-19H2,(H,33,35)(H,34,36). The number of carbonyl (C=O) groups is 4. The third-order valence-electron chi connectivity index (χ3n) is 6.33. The molecule has 0 radical (unpaired) electrons. The maximum atomic E-state index is 13.3. The highest BCUT2D eigenvalue weighted by atomic mass is 16.5. The lowest BCUT2D eigenvalue weighted by atomic mass is 10.0. The van der Waals surface area contributed by atoms with Crippen LogP contribution in [-0.4, -0.2) is 42.0 Å². The monoisotopic (exact) mass is 535 g/mol. The Morgan fingerprint density at radius 2 is 0.975 bits per heavy atom. The van der Waals surface area contributed by atoms with Crippen molar-refractivity contribution >= 4 is 23.8 Å². The molecule has 2 atom stereocenters. The van der Waals surface area contributed by atoms with Gasteiger partial charge in [-0.1, -0.05) is 72.8 Å². The minimum Gasteiger partial charge on any atom is -0.458 e. The highest BCUT2D eigenvalue weighted by molar-refractivity contribution is 6.00. The first kappa shape index (κ1) is 26.3. The Hall–Kier alpha value is -5.31. The van der Waals surface area contributed by atoms with Gasteiger partial charge in [0.05, 0.1) is 12.1 Å². The highest BCUT2D eigenvalue weighted by Gasteiger charge is 2.23. The van der Waals surface area contributed by atoms with Crippen LogP contribution in [0.15, 0.2) is 103 Å². The van der Waals surface area contributed by atoms with Crippen LogP contribution in [0.5, 0.6) is 0 Å². The summed E-state index contributed by atoms with van der Waals surface area (Å²) in [5.41, 5.74) is 1.74. The molecular formula is C31H25N3O6. The number of benzene rings is 3. The van der Waals surface area contributed by atoms with Crippen LogP contribution in [0, 0.1) is 0 Å². The van der Waals surface area contributed by atoms with Crippen LogP contribution in [0.2, 0.25) is 0 Å². The first-order chi connectivity index (χ1) is 19.5. The van der Waals surface area contributed by atoms with Crippen molar-refractivity contribution < 1.29 is 28.7 Å². The Morgan fingerprint density at radius 1 is 0.550 bits per heavy atom. The van der Waals surface area contributed by atoms with Crippen LogP contribution < -0.4 is 10.6 Å². The van der Waals surface area contributed by atoms with E-state index in [1.54, 1.807) is 66.7 Å². The summed E-state index contributed by atoms with van der Waals surface area (Å²) in [6.45, 7) is -0.381. The van der Waals surface area contributed by atoms with Crippen molar-refractivity contribution in [1.29, 1.82) is 0 Å². The van der Waals surface area contributed by atoms with Gasteiger partial charge in [-0.3, -0.25) is 9.59 Å². The van der Waals surface area contributed by atoms with Crippen LogP contribution in [0.3, 0.4) is 0 Å². The van der Waals surface area contributed by atoms with Crippen LogP contribution >= 0.6 is 0 Å². The quantitative estimate of drug-likeness (QED) is 0.371. The number of fused-ring (bicyclic) bond motifs is 4. The zero-order valence-corrected chi connectivity index (χ0v) is 21.3. The first-order valence-electron chi connectivity index (χ1n) is 12.6. The van der Waals surface area contributed by atoms with Crippen molar-refractivity contribution in [2.75, 3.05) is 13.2 Å². The number of pyridine rings is 1. The average molecular weight is 536 g/mol. The van der Waals surface area contributed by atoms with E-state index in [9.17, 15) is 19.2 Å². The van der Waals surface area contributed by atoms with Gasteiger partial charge < -0.3 is 20.1 Å². The third-order valence-corrected chi connectivity index (χ3v) is 6.33. The van der Waals surface area contributed by atoms with Gasteiger partial charge in [-0.25, -0.2) is 14.6 Å². The lowest BCUT2D eigenvalue weighted by Gasteiger charge is -2.21. The Morgan fingerprint density at radius 3 is 1.43 bits per heavy atom. The van der Waals surface area contributed by atoms with Crippen LogP contribution in [-0.2, 0) is 9.47 Å². The lowest BCUT2D eigenvalue weighted by molar-refractivity contribution is 0.0437. The molecule has 2 amide bonds. The molecule has 9 heteroatoms. The lowest BCUT2D eigenvalue weighted by Crippen LogP contribution is -2.34. The summed E-state index contributed by atoms with van der Waals surface area (Å²) in [5.74, 6) is -2.42. The fraction of sp³-hybridized carbons (Fsp3) is 0.129. The number of amides is 2. The predicted molar refractivity (Wildman–Crippen MR) is 145 cm³/mol. The number of hydrogen-bond acceptors (Lipinski definition) is 7. The fourth-order valence-corrected chi connectivity index (χ4v) is 4.23. The van der Waals surface area contributed by atoms with Gasteiger partial charge in [0.1, 0.15) is 24.6 Å². The predicted octanol–water partition coefficient (Wildman–Crippen LogP) is 4.05. The van der Waals surface area contributed by atoms with E-state index in [1.807, 2.05) is 12.1 Å². The zero-order chi connectivity index (χ0) is 27.9. The number of nitrogens with zero attached hydrogens (tertiary/aromatic N) is 1. The van der Waals surface area contributed by atoms with E-state index in [0.29, 0.717) is 11.1 Å². The second kappa shape index (κ2) is 12.0. The molecular weight excluding hydrogens is 510 g/mol. The molecule has 5 rings (SSSR count). The molecule has 9 nitrogen and oxygen atoms in total. The van der Waals surface area contributed by atoms with Crippen LogP contribution in [0.25, 0.3) is 0 Å². The molecule has 1 aliphatic heterocycles. The van der Waals surface area contributed by atoms with Gasteiger partial charge in [0.25, 0.3) is 11.8 Å². The molecule has 4 bridgehead atoms. The van der Waals surface area contributed by atoms with Gasteiger partial charge in [-0.2, -0.15) is 0 Å². The van der Waals surface area contributed by atoms with E-state index in [1.165, 1.54) is 24.3 Å². The number of rotatable bonds is 2. The van der Waals surface area contributed by atoms with E-state index in [2.05, 4.69) is 15.6 Å². The molecule has 4 aromatic rings. The van der Waals surface area contributed by atoms with Gasteiger partial charge in [0, 0.05) is 11.1 Å². The number of ether oxygens (including phenoxy) is 2. The van der Waals surface area contributed by atoms with Crippen LogP contribution in [0.1, 0.15) is 64.9 Å². The summed E-state index contributed by atoms with van der Waals surface area (Å²) in [5, 5.41) is 5.78. The SMILES string of the molecule is O=C1NC(c2ccccc2)COC(=O)c2cccc(n2)C(=O)OCC(c2ccccc2)NC(=O)c2cccc1c2. The molecule has 0 saturated heterocycles. The Balaban J connectivity index is 1.51. The highest BCUT2D eigenvalue weighted by Crippen LogP contribution is 2.18. The van der Waals surface area contributed by atoms with Crippen molar-refractivity contribution in [2.24, 2.45) is 0 Å². The smallest absolute Gasteiger partial charge is 0.357 e. The maximum Gasteiger partial charge on any atom is 0.357 e. The Kier molecular flexibility index (Phi) is 7.92. The van der Waals surface area contributed by atoms with E-state index in [0.717, 1.165) is 0 Å². The summed E-state index contributed by atoms with van der Waals surface area (Å²) >= 11 is 0. The second-order valence-electron chi connectivity index (χ2n) is 9.06. The average Bonchev–Trinajstić information content (AvgIpc) is 3.01. The van der Waals surface area contributed by atoms with Crippen LogP contribution in [0.4, 0.5) is 0 Å². The van der Waals surface area contributed by atoms with E-state index in [-0.39, 0.29) is 35.7 Å². The normalized spacial score (nSPS) is 18.3. The van der Waals surface area contributed by atoms with Gasteiger partial charge in [0.15, 0.2) is 0 Å². The number of cyclic esters (lactones) is 2. The maximum absolute atomic E-state index is 13.3. The zero-order valence-electron chi connectivity index (χ0n) is 21.3. The summed E-state index contributed by atoms with van der Waals surface area (Å²) in [6.07, 6.45) is 0. The second-order valence-corrected chi connectivity index (χ2v) is 9.06. The third kappa shape index (κ3) is 6.21. The van der Waals surface area contributed by atoms with Gasteiger partial charge in [-0.15, -0.1) is 0 Å². The summed E-state index contributed by atoms with van der Waals surface area (Å²) in [6, 6.07) is 27.3. The molecule has 0 fully saturated rings. The van der Waals surface area contributed by atoms with Crippen molar-refractivity contribution in [3.05, 3.63) is 137 Å². The summed E-state index contributed by atoms with van der Waals surface area (Å²) < 4.78 is 11.0. The Bertz CT molecular complexity index is 1430. The molecule has 40 heavy (non-hydrogen) atoms. The van der Waals surface area contributed by atoms with Gasteiger partial charge in [0.2, 0.25) is 0 Å². The van der Waals surface area contributed by atoms with Crippen molar-refractivity contribution in [3.8, 4) is 0 Å². The molecule has 3 aromatic carbocycles. The Labute approximate surface area is 230 Å².